The topological polar surface area (TPSA) is 0 Å². The van der Waals surface area contributed by atoms with E-state index in [1.165, 1.54) is 31.2 Å². The molecule has 0 bridgehead atoms. The molecule has 1 aliphatic rings. The van der Waals surface area contributed by atoms with Crippen LogP contribution in [0.3, 0.4) is 0 Å². The van der Waals surface area contributed by atoms with Crippen molar-refractivity contribution in [2.45, 2.75) is 47.0 Å². The monoisotopic (exact) mass is 192 g/mol. The summed E-state index contributed by atoms with van der Waals surface area (Å²) >= 11 is 0. The molecule has 1 aromatic carbocycles. The van der Waals surface area contributed by atoms with Gasteiger partial charge in [-0.05, 0) is 12.8 Å². The van der Waals surface area contributed by atoms with E-state index in [4.69, 9.17) is 0 Å². The summed E-state index contributed by atoms with van der Waals surface area (Å²) in [4.78, 5) is 0. The molecule has 0 heteroatoms. The maximum atomic E-state index is 2.34. The minimum Gasteiger partial charge on any atom is -0.0776 e. The largest absolute Gasteiger partial charge is 0.0776 e. The Morgan fingerprint density at radius 3 is 1.71 bits per heavy atom. The third-order valence-electron chi connectivity index (χ3n) is 2.58. The number of hydrogen-bond acceptors (Lipinski definition) is 0. The second kappa shape index (κ2) is 7.61. The van der Waals surface area contributed by atoms with Crippen molar-refractivity contribution >= 4 is 0 Å². The fraction of sp³-hybridized carbons (Fsp3) is 0.571. The summed E-state index contributed by atoms with van der Waals surface area (Å²) in [6.07, 6.45) is 5.95. The van der Waals surface area contributed by atoms with Crippen LogP contribution in [0.25, 0.3) is 0 Å². The fourth-order valence-electron chi connectivity index (χ4n) is 1.66. The molecular weight excluding hydrogens is 168 g/mol. The third-order valence-corrected chi connectivity index (χ3v) is 2.58. The van der Waals surface area contributed by atoms with Gasteiger partial charge in [0, 0.05) is 0 Å². The molecule has 0 unspecified atom stereocenters. The lowest BCUT2D eigenvalue weighted by Gasteiger charge is -1.91. The molecule has 1 aromatic rings. The highest BCUT2D eigenvalue weighted by molar-refractivity contribution is 5.11. The van der Waals surface area contributed by atoms with Gasteiger partial charge in [0.05, 0.1) is 0 Å². The first-order valence-corrected chi connectivity index (χ1v) is 5.30. The van der Waals surface area contributed by atoms with Crippen molar-refractivity contribution in [3.8, 4) is 0 Å². The average molecular weight is 192 g/mol. The van der Waals surface area contributed by atoms with E-state index in [1.54, 1.807) is 0 Å². The van der Waals surface area contributed by atoms with E-state index in [0.717, 1.165) is 5.92 Å². The van der Waals surface area contributed by atoms with Crippen molar-refractivity contribution in [2.24, 2.45) is 5.92 Å². The summed E-state index contributed by atoms with van der Waals surface area (Å²) in [5, 5.41) is 0. The summed E-state index contributed by atoms with van der Waals surface area (Å²) in [5.74, 6) is 1.05. The molecule has 1 saturated carbocycles. The van der Waals surface area contributed by atoms with Gasteiger partial charge in [-0.2, -0.15) is 0 Å². The minimum atomic E-state index is 0. The van der Waals surface area contributed by atoms with Crippen LogP contribution in [-0.4, -0.2) is 0 Å². The van der Waals surface area contributed by atoms with Crippen LogP contribution in [0.1, 0.15) is 45.6 Å². The molecule has 0 N–H and O–H groups in total. The van der Waals surface area contributed by atoms with Gasteiger partial charge in [0.1, 0.15) is 0 Å². The van der Waals surface area contributed by atoms with Crippen LogP contribution in [0.5, 0.6) is 0 Å². The van der Waals surface area contributed by atoms with Crippen LogP contribution in [-0.2, 0) is 0 Å². The molecule has 0 spiro atoms. The quantitative estimate of drug-likeness (QED) is 0.552. The van der Waals surface area contributed by atoms with Gasteiger partial charge in [0.15, 0.2) is 0 Å². The molecule has 0 aliphatic heterocycles. The number of rotatable bonds is 0. The molecule has 80 valence electrons. The molecule has 0 saturated heterocycles. The lowest BCUT2D eigenvalue weighted by Crippen LogP contribution is -1.78. The van der Waals surface area contributed by atoms with Gasteiger partial charge in [-0.15, -0.1) is 0 Å². The van der Waals surface area contributed by atoms with Gasteiger partial charge in [0.2, 0.25) is 0 Å². The van der Waals surface area contributed by atoms with Crippen molar-refractivity contribution in [3.63, 3.8) is 0 Å². The zero-order valence-corrected chi connectivity index (χ0v) is 8.79. The van der Waals surface area contributed by atoms with Gasteiger partial charge < -0.3 is 0 Å². The first-order chi connectivity index (χ1) is 6.29. The Morgan fingerprint density at radius 2 is 1.50 bits per heavy atom. The number of aryl methyl sites for hydroxylation is 1. The van der Waals surface area contributed by atoms with Crippen molar-refractivity contribution in [3.05, 3.63) is 35.9 Å². The van der Waals surface area contributed by atoms with E-state index in [9.17, 15) is 0 Å². The standard InChI is InChI=1S/C7H8.C6H12.CH4/c1-7-5-3-2-4-6-7;1-6-4-2-3-5-6;/h2-6H,1H3;6H,2-5H2,1H3;1H4. The van der Waals surface area contributed by atoms with E-state index < -0.39 is 0 Å². The van der Waals surface area contributed by atoms with Gasteiger partial charge >= 0.3 is 0 Å². The second-order valence-electron chi connectivity index (χ2n) is 4.04. The van der Waals surface area contributed by atoms with Gasteiger partial charge in [-0.1, -0.05) is 75.9 Å². The lowest BCUT2D eigenvalue weighted by atomic mass is 10.2. The minimum absolute atomic E-state index is 0. The molecule has 0 atom stereocenters. The zero-order chi connectivity index (χ0) is 9.52. The summed E-state index contributed by atoms with van der Waals surface area (Å²) in [6.45, 7) is 4.42. The average Bonchev–Trinajstić information content (AvgIpc) is 2.58. The maximum absolute atomic E-state index is 2.34. The van der Waals surface area contributed by atoms with Crippen molar-refractivity contribution in [1.82, 2.24) is 0 Å². The van der Waals surface area contributed by atoms with Gasteiger partial charge in [0.25, 0.3) is 0 Å². The molecule has 14 heavy (non-hydrogen) atoms. The highest BCUT2D eigenvalue weighted by Gasteiger charge is 2.07. The Hall–Kier alpha value is -0.780. The Bertz CT molecular complexity index is 207. The third kappa shape index (κ3) is 5.80. The number of benzene rings is 1. The predicted octanol–water partition coefficient (Wildman–Crippen LogP) is 4.83. The SMILES string of the molecule is C.CC1CCCC1.Cc1ccccc1. The van der Waals surface area contributed by atoms with Crippen LogP contribution in [0, 0.1) is 12.8 Å². The van der Waals surface area contributed by atoms with E-state index in [1.807, 2.05) is 18.2 Å². The lowest BCUT2D eigenvalue weighted by molar-refractivity contribution is 0.612. The molecule has 0 aromatic heterocycles. The van der Waals surface area contributed by atoms with Crippen molar-refractivity contribution in [1.29, 1.82) is 0 Å². The molecule has 1 aliphatic carbocycles. The van der Waals surface area contributed by atoms with E-state index in [2.05, 4.69) is 26.0 Å². The van der Waals surface area contributed by atoms with Gasteiger partial charge in [-0.25, -0.2) is 0 Å². The van der Waals surface area contributed by atoms with E-state index in [-0.39, 0.29) is 7.43 Å². The van der Waals surface area contributed by atoms with E-state index in [0.29, 0.717) is 0 Å². The molecule has 0 amide bonds. The van der Waals surface area contributed by atoms with Crippen LogP contribution < -0.4 is 0 Å². The van der Waals surface area contributed by atoms with Crippen molar-refractivity contribution in [2.75, 3.05) is 0 Å². The van der Waals surface area contributed by atoms with Crippen LogP contribution in [0.15, 0.2) is 30.3 Å². The number of hydrogen-bond donors (Lipinski definition) is 0. The summed E-state index contributed by atoms with van der Waals surface area (Å²) in [6, 6.07) is 10.3. The van der Waals surface area contributed by atoms with Crippen LogP contribution >= 0.6 is 0 Å². The Balaban J connectivity index is 0.000000227. The molecule has 2 rings (SSSR count). The van der Waals surface area contributed by atoms with Crippen LogP contribution in [0.4, 0.5) is 0 Å². The fourth-order valence-corrected chi connectivity index (χ4v) is 1.66. The van der Waals surface area contributed by atoms with Gasteiger partial charge in [-0.3, -0.25) is 0 Å². The Kier molecular flexibility index (Phi) is 7.18. The second-order valence-corrected chi connectivity index (χ2v) is 4.04. The maximum Gasteiger partial charge on any atom is -0.0398 e. The highest BCUT2D eigenvalue weighted by atomic mass is 14.1. The summed E-state index contributed by atoms with van der Waals surface area (Å²) in [5.41, 5.74) is 1.32. The Morgan fingerprint density at radius 1 is 1.00 bits per heavy atom. The first-order valence-electron chi connectivity index (χ1n) is 5.30. The molecule has 0 radical (unpaired) electrons. The molecular formula is C14H24. The van der Waals surface area contributed by atoms with Crippen molar-refractivity contribution < 1.29 is 0 Å². The summed E-state index contributed by atoms with van der Waals surface area (Å²) < 4.78 is 0. The smallest absolute Gasteiger partial charge is 0.0398 e. The molecule has 0 heterocycles. The predicted molar refractivity (Wildman–Crippen MR) is 65.5 cm³/mol. The van der Waals surface area contributed by atoms with E-state index >= 15 is 0 Å². The zero-order valence-electron chi connectivity index (χ0n) is 8.79. The Labute approximate surface area is 89.4 Å². The highest BCUT2D eigenvalue weighted by Crippen LogP contribution is 2.22. The van der Waals surface area contributed by atoms with Crippen LogP contribution in [0.2, 0.25) is 0 Å². The normalized spacial score (nSPS) is 15.3. The first kappa shape index (κ1) is 13.2. The molecule has 1 fully saturated rings. The molecule has 0 nitrogen and oxygen atoms in total. The summed E-state index contributed by atoms with van der Waals surface area (Å²) in [7, 11) is 0.